The Morgan fingerprint density at radius 1 is 1.67 bits per heavy atom. The molecule has 1 atom stereocenters. The van der Waals surface area contributed by atoms with Crippen molar-refractivity contribution >= 4 is 11.6 Å². The van der Waals surface area contributed by atoms with Gasteiger partial charge in [-0.2, -0.15) is 0 Å². The summed E-state index contributed by atoms with van der Waals surface area (Å²) >= 11 is 0. The van der Waals surface area contributed by atoms with Crippen LogP contribution in [0.3, 0.4) is 0 Å². The standard InChI is InChI=1S/C8H11N3O/c1-5-7(12)4-6-8(11-5)10-3-2-9-6/h4-5,9H,2-3H2,1H3,(H,10,11). The van der Waals surface area contributed by atoms with E-state index in [1.165, 1.54) is 0 Å². The van der Waals surface area contributed by atoms with Crippen molar-refractivity contribution in [2.24, 2.45) is 4.99 Å². The van der Waals surface area contributed by atoms with Crippen molar-refractivity contribution in [2.45, 2.75) is 13.0 Å². The lowest BCUT2D eigenvalue weighted by atomic mass is 10.1. The minimum Gasteiger partial charge on any atom is -0.380 e. The highest BCUT2D eigenvalue weighted by atomic mass is 16.1. The zero-order chi connectivity index (χ0) is 8.55. The van der Waals surface area contributed by atoms with Crippen molar-refractivity contribution in [1.29, 1.82) is 0 Å². The van der Waals surface area contributed by atoms with Gasteiger partial charge < -0.3 is 10.6 Å². The second kappa shape index (κ2) is 2.62. The van der Waals surface area contributed by atoms with Gasteiger partial charge in [0.25, 0.3) is 0 Å². The summed E-state index contributed by atoms with van der Waals surface area (Å²) in [5.74, 6) is 0.937. The lowest BCUT2D eigenvalue weighted by Crippen LogP contribution is -2.48. The van der Waals surface area contributed by atoms with Crippen LogP contribution in [0.25, 0.3) is 0 Å². The highest BCUT2D eigenvalue weighted by molar-refractivity contribution is 6.11. The zero-order valence-electron chi connectivity index (χ0n) is 6.92. The Kier molecular flexibility index (Phi) is 1.60. The molecular formula is C8H11N3O. The monoisotopic (exact) mass is 165 g/mol. The molecule has 2 aliphatic heterocycles. The van der Waals surface area contributed by atoms with Crippen LogP contribution in [0.4, 0.5) is 0 Å². The smallest absolute Gasteiger partial charge is 0.179 e. The average Bonchev–Trinajstić information content (AvgIpc) is 2.07. The topological polar surface area (TPSA) is 53.5 Å². The summed E-state index contributed by atoms with van der Waals surface area (Å²) < 4.78 is 0. The first-order chi connectivity index (χ1) is 5.77. The predicted octanol–water partition coefficient (Wildman–Crippen LogP) is -0.567. The Hall–Kier alpha value is -1.32. The van der Waals surface area contributed by atoms with E-state index in [9.17, 15) is 4.79 Å². The van der Waals surface area contributed by atoms with Crippen LogP contribution in [-0.4, -0.2) is 30.8 Å². The summed E-state index contributed by atoms with van der Waals surface area (Å²) in [6.45, 7) is 3.44. The number of hydrogen-bond acceptors (Lipinski definition) is 4. The van der Waals surface area contributed by atoms with E-state index in [0.717, 1.165) is 24.6 Å². The van der Waals surface area contributed by atoms with Gasteiger partial charge in [0.2, 0.25) is 0 Å². The molecule has 12 heavy (non-hydrogen) atoms. The second-order valence-corrected chi connectivity index (χ2v) is 2.98. The van der Waals surface area contributed by atoms with E-state index >= 15 is 0 Å². The third kappa shape index (κ3) is 1.09. The molecule has 1 unspecified atom stereocenters. The number of nitrogens with one attached hydrogen (secondary N) is 2. The molecule has 0 saturated heterocycles. The number of amidine groups is 1. The van der Waals surface area contributed by atoms with Crippen LogP contribution in [0, 0.1) is 0 Å². The van der Waals surface area contributed by atoms with Gasteiger partial charge >= 0.3 is 0 Å². The SMILES string of the molecule is CC1NC2=NCCNC2=CC1=O. The van der Waals surface area contributed by atoms with E-state index in [0.29, 0.717) is 0 Å². The van der Waals surface area contributed by atoms with E-state index in [-0.39, 0.29) is 11.8 Å². The lowest BCUT2D eigenvalue weighted by Gasteiger charge is -2.25. The summed E-state index contributed by atoms with van der Waals surface area (Å²) in [4.78, 5) is 15.5. The summed E-state index contributed by atoms with van der Waals surface area (Å²) in [6, 6.07) is -0.132. The van der Waals surface area contributed by atoms with E-state index in [1.807, 2.05) is 6.92 Å². The maximum atomic E-state index is 11.2. The number of aliphatic imine (C=N–C) groups is 1. The molecule has 2 heterocycles. The average molecular weight is 165 g/mol. The number of hydrogen-bond donors (Lipinski definition) is 2. The quantitative estimate of drug-likeness (QED) is 0.505. The van der Waals surface area contributed by atoms with Crippen molar-refractivity contribution in [3.8, 4) is 0 Å². The molecule has 2 N–H and O–H groups in total. The molecule has 0 aromatic rings. The Bertz CT molecular complexity index is 280. The van der Waals surface area contributed by atoms with Gasteiger partial charge in [0.1, 0.15) is 5.84 Å². The summed E-state index contributed by atoms with van der Waals surface area (Å²) in [5, 5.41) is 6.16. The van der Waals surface area contributed by atoms with Crippen LogP contribution in [0.2, 0.25) is 0 Å². The highest BCUT2D eigenvalue weighted by Crippen LogP contribution is 2.06. The molecule has 0 aromatic heterocycles. The summed E-state index contributed by atoms with van der Waals surface area (Å²) in [5.41, 5.74) is 0.837. The fraction of sp³-hybridized carbons (Fsp3) is 0.500. The van der Waals surface area contributed by atoms with Gasteiger partial charge in [0.15, 0.2) is 5.78 Å². The van der Waals surface area contributed by atoms with Crippen molar-refractivity contribution in [3.63, 3.8) is 0 Å². The molecule has 0 amide bonds. The first-order valence-electron chi connectivity index (χ1n) is 4.08. The van der Waals surface area contributed by atoms with E-state index in [4.69, 9.17) is 0 Å². The molecule has 64 valence electrons. The third-order valence-corrected chi connectivity index (χ3v) is 2.02. The molecule has 2 aliphatic rings. The van der Waals surface area contributed by atoms with Crippen LogP contribution in [0.15, 0.2) is 16.8 Å². The zero-order valence-corrected chi connectivity index (χ0v) is 6.92. The van der Waals surface area contributed by atoms with Gasteiger partial charge in [-0.3, -0.25) is 9.79 Å². The number of carbonyl (C=O) groups excluding carboxylic acids is 1. The van der Waals surface area contributed by atoms with Gasteiger partial charge in [-0.15, -0.1) is 0 Å². The Labute approximate surface area is 70.7 Å². The minimum atomic E-state index is -0.132. The molecule has 0 radical (unpaired) electrons. The maximum Gasteiger partial charge on any atom is 0.179 e. The third-order valence-electron chi connectivity index (χ3n) is 2.02. The number of carbonyl (C=O) groups is 1. The fourth-order valence-electron chi connectivity index (χ4n) is 1.31. The highest BCUT2D eigenvalue weighted by Gasteiger charge is 2.23. The minimum absolute atomic E-state index is 0.110. The van der Waals surface area contributed by atoms with Crippen molar-refractivity contribution in [1.82, 2.24) is 10.6 Å². The van der Waals surface area contributed by atoms with Crippen molar-refractivity contribution in [3.05, 3.63) is 11.8 Å². The Morgan fingerprint density at radius 2 is 2.50 bits per heavy atom. The van der Waals surface area contributed by atoms with Crippen LogP contribution in [0.1, 0.15) is 6.92 Å². The van der Waals surface area contributed by atoms with Crippen molar-refractivity contribution < 1.29 is 4.79 Å². The van der Waals surface area contributed by atoms with Crippen molar-refractivity contribution in [2.75, 3.05) is 13.1 Å². The summed E-state index contributed by atoms with van der Waals surface area (Å²) in [7, 11) is 0. The van der Waals surface area contributed by atoms with Crippen LogP contribution >= 0.6 is 0 Å². The molecule has 0 aliphatic carbocycles. The number of rotatable bonds is 0. The fourth-order valence-corrected chi connectivity index (χ4v) is 1.31. The van der Waals surface area contributed by atoms with Gasteiger partial charge in [-0.1, -0.05) is 0 Å². The molecule has 2 rings (SSSR count). The Morgan fingerprint density at radius 3 is 3.33 bits per heavy atom. The number of ketones is 1. The van der Waals surface area contributed by atoms with Gasteiger partial charge in [-0.25, -0.2) is 0 Å². The van der Waals surface area contributed by atoms with Gasteiger partial charge in [-0.05, 0) is 6.92 Å². The maximum absolute atomic E-state index is 11.2. The molecule has 4 nitrogen and oxygen atoms in total. The van der Waals surface area contributed by atoms with E-state index < -0.39 is 0 Å². The van der Waals surface area contributed by atoms with Crippen LogP contribution in [-0.2, 0) is 4.79 Å². The largest absolute Gasteiger partial charge is 0.380 e. The van der Waals surface area contributed by atoms with Gasteiger partial charge in [0, 0.05) is 12.6 Å². The first-order valence-corrected chi connectivity index (χ1v) is 4.08. The molecule has 0 fully saturated rings. The number of fused-ring (bicyclic) bond motifs is 1. The molecule has 4 heteroatoms. The normalized spacial score (nSPS) is 27.8. The first kappa shape index (κ1) is 7.34. The van der Waals surface area contributed by atoms with Crippen LogP contribution in [0.5, 0.6) is 0 Å². The van der Waals surface area contributed by atoms with E-state index in [1.54, 1.807) is 6.08 Å². The lowest BCUT2D eigenvalue weighted by molar-refractivity contribution is -0.116. The summed E-state index contributed by atoms with van der Waals surface area (Å²) in [6.07, 6.45) is 1.62. The van der Waals surface area contributed by atoms with Gasteiger partial charge in [0.05, 0.1) is 18.3 Å². The van der Waals surface area contributed by atoms with E-state index in [2.05, 4.69) is 15.6 Å². The molecule has 0 saturated carbocycles. The Balaban J connectivity index is 2.33. The second-order valence-electron chi connectivity index (χ2n) is 2.98. The molecule has 0 bridgehead atoms. The molecular weight excluding hydrogens is 154 g/mol. The van der Waals surface area contributed by atoms with Crippen LogP contribution < -0.4 is 10.6 Å². The molecule has 0 aromatic carbocycles. The number of nitrogens with zero attached hydrogens (tertiary/aromatic N) is 1. The predicted molar refractivity (Wildman–Crippen MR) is 46.0 cm³/mol. The molecule has 0 spiro atoms.